The Hall–Kier alpha value is -2.73. The van der Waals surface area contributed by atoms with Gasteiger partial charge in [-0.05, 0) is 32.3 Å². The van der Waals surface area contributed by atoms with E-state index in [2.05, 4.69) is 15.1 Å². The fraction of sp³-hybridized carbons (Fsp3) is 0.680. The Morgan fingerprint density at radius 2 is 1.84 bits per heavy atom. The van der Waals surface area contributed by atoms with E-state index in [1.54, 1.807) is 16.7 Å². The predicted octanol–water partition coefficient (Wildman–Crippen LogP) is 2.17. The smallest absolute Gasteiger partial charge is 0.418 e. The van der Waals surface area contributed by atoms with E-state index in [4.69, 9.17) is 9.47 Å². The highest BCUT2D eigenvalue weighted by Gasteiger charge is 2.55. The number of anilines is 1. The molecule has 5 aliphatic heterocycles. The number of amides is 1. The maximum absolute atomic E-state index is 13.9. The van der Waals surface area contributed by atoms with E-state index in [9.17, 15) is 22.8 Å². The molecule has 0 radical (unpaired) electrons. The molecule has 0 saturated carbocycles. The third-order valence-electron chi connectivity index (χ3n) is 8.72. The average Bonchev–Trinajstić information content (AvgIpc) is 3.56. The number of piperidine rings is 1. The second-order valence-corrected chi connectivity index (χ2v) is 10.7. The first kappa shape index (κ1) is 24.6. The van der Waals surface area contributed by atoms with Crippen LogP contribution in [0.3, 0.4) is 0 Å². The normalized spacial score (nSPS) is 28.5. The monoisotopic (exact) mass is 521 g/mol. The van der Waals surface area contributed by atoms with Crippen LogP contribution in [0.15, 0.2) is 23.4 Å². The Kier molecular flexibility index (Phi) is 5.94. The summed E-state index contributed by atoms with van der Waals surface area (Å²) < 4.78 is 50.9. The number of fused-ring (bicyclic) bond motifs is 2. The van der Waals surface area contributed by atoms with E-state index in [-0.39, 0.29) is 23.8 Å². The van der Waals surface area contributed by atoms with Crippen LogP contribution < -0.4 is 4.90 Å². The highest BCUT2D eigenvalue weighted by Crippen LogP contribution is 2.44. The largest absolute Gasteiger partial charge is 0.450 e. The predicted molar refractivity (Wildman–Crippen MR) is 124 cm³/mol. The molecule has 6 heterocycles. The van der Waals surface area contributed by atoms with Gasteiger partial charge in [0.2, 0.25) is 0 Å². The minimum absolute atomic E-state index is 0.156. The lowest BCUT2D eigenvalue weighted by Gasteiger charge is -2.44. The molecule has 6 rings (SSSR count). The first-order valence-electron chi connectivity index (χ1n) is 12.9. The van der Waals surface area contributed by atoms with Gasteiger partial charge in [0.25, 0.3) is 5.91 Å². The van der Waals surface area contributed by atoms with Crippen LogP contribution in [0.1, 0.15) is 44.6 Å². The number of rotatable bonds is 3. The average molecular weight is 522 g/mol. The van der Waals surface area contributed by atoms with Crippen molar-refractivity contribution in [3.8, 4) is 0 Å². The summed E-state index contributed by atoms with van der Waals surface area (Å²) in [7, 11) is 0. The van der Waals surface area contributed by atoms with Crippen LogP contribution in [-0.2, 0) is 25.2 Å². The van der Waals surface area contributed by atoms with E-state index < -0.39 is 23.3 Å². The van der Waals surface area contributed by atoms with Gasteiger partial charge < -0.3 is 19.3 Å². The first-order valence-corrected chi connectivity index (χ1v) is 12.9. The van der Waals surface area contributed by atoms with Crippen LogP contribution in [0.4, 0.5) is 19.0 Å². The molecule has 1 aromatic heterocycles. The minimum atomic E-state index is -4.50. The molecule has 37 heavy (non-hydrogen) atoms. The standard InChI is InChI=1S/C25H30F3N5O4/c1-15-21(24(37-23(15)35)4-6-31(7-5-24)17-2-8-36-9-3-17)22(34)33-14-18-11-19(33)13-32(18)20-10-16(12-29-30-20)25(26,27)28/h10,12,17-19H,2-9,11,13-14H2,1H3/t18-,19-/m0/s1. The van der Waals surface area contributed by atoms with E-state index in [0.29, 0.717) is 55.7 Å². The summed E-state index contributed by atoms with van der Waals surface area (Å²) in [6, 6.07) is 1.13. The van der Waals surface area contributed by atoms with Crippen LogP contribution in [0.25, 0.3) is 0 Å². The molecule has 5 aliphatic rings. The number of aromatic nitrogens is 2. The van der Waals surface area contributed by atoms with Gasteiger partial charge in [0.1, 0.15) is 5.60 Å². The molecular weight excluding hydrogens is 491 g/mol. The number of carbonyl (C=O) groups excluding carboxylic acids is 2. The maximum atomic E-state index is 13.9. The Bertz CT molecular complexity index is 1130. The van der Waals surface area contributed by atoms with Crippen LogP contribution in [-0.4, -0.2) is 95.0 Å². The van der Waals surface area contributed by atoms with Gasteiger partial charge >= 0.3 is 12.1 Å². The first-order chi connectivity index (χ1) is 17.7. The van der Waals surface area contributed by atoms with Crippen molar-refractivity contribution in [3.63, 3.8) is 0 Å². The quantitative estimate of drug-likeness (QED) is 0.560. The molecule has 9 nitrogen and oxygen atoms in total. The van der Waals surface area contributed by atoms with Gasteiger partial charge in [-0.2, -0.15) is 18.3 Å². The molecule has 4 fully saturated rings. The lowest BCUT2D eigenvalue weighted by Crippen LogP contribution is -2.54. The number of likely N-dealkylation sites (tertiary alicyclic amines) is 2. The summed E-state index contributed by atoms with van der Waals surface area (Å²) in [5, 5.41) is 7.47. The summed E-state index contributed by atoms with van der Waals surface area (Å²) in [6.07, 6.45) is -0.0416. The molecule has 1 amide bonds. The second-order valence-electron chi connectivity index (χ2n) is 10.7. The molecule has 2 atom stereocenters. The van der Waals surface area contributed by atoms with Gasteiger partial charge in [0.15, 0.2) is 5.82 Å². The van der Waals surface area contributed by atoms with Crippen molar-refractivity contribution < 1.29 is 32.2 Å². The zero-order valence-corrected chi connectivity index (χ0v) is 20.7. The molecule has 1 aromatic rings. The van der Waals surface area contributed by atoms with Gasteiger partial charge in [-0.1, -0.05) is 0 Å². The molecule has 0 unspecified atom stereocenters. The van der Waals surface area contributed by atoms with E-state index in [1.807, 2.05) is 0 Å². The zero-order chi connectivity index (χ0) is 25.9. The summed E-state index contributed by atoms with van der Waals surface area (Å²) in [5.41, 5.74) is -0.923. The molecule has 0 aromatic carbocycles. The third kappa shape index (κ3) is 4.18. The third-order valence-corrected chi connectivity index (χ3v) is 8.72. The molecular formula is C25H30F3N5O4. The van der Waals surface area contributed by atoms with Crippen LogP contribution in [0, 0.1) is 0 Å². The summed E-state index contributed by atoms with van der Waals surface area (Å²) in [6.45, 7) is 5.39. The molecule has 1 spiro atoms. The Morgan fingerprint density at radius 1 is 1.11 bits per heavy atom. The number of ether oxygens (including phenoxy) is 2. The van der Waals surface area contributed by atoms with Gasteiger partial charge in [-0.15, -0.1) is 5.10 Å². The van der Waals surface area contributed by atoms with Crippen LogP contribution in [0.5, 0.6) is 0 Å². The Labute approximate surface area is 212 Å². The zero-order valence-electron chi connectivity index (χ0n) is 20.7. The van der Waals surface area contributed by atoms with E-state index >= 15 is 0 Å². The van der Waals surface area contributed by atoms with Crippen molar-refractivity contribution >= 4 is 17.7 Å². The summed E-state index contributed by atoms with van der Waals surface area (Å²) in [5.74, 6) is -0.459. The van der Waals surface area contributed by atoms with Gasteiger partial charge in [-0.3, -0.25) is 9.69 Å². The molecule has 2 bridgehead atoms. The van der Waals surface area contributed by atoms with Crippen molar-refractivity contribution in [1.82, 2.24) is 20.0 Å². The summed E-state index contributed by atoms with van der Waals surface area (Å²) in [4.78, 5) is 32.6. The lowest BCUT2D eigenvalue weighted by molar-refractivity contribution is -0.152. The number of alkyl halides is 3. The van der Waals surface area contributed by atoms with Crippen molar-refractivity contribution in [2.24, 2.45) is 0 Å². The molecule has 4 saturated heterocycles. The number of halogens is 3. The van der Waals surface area contributed by atoms with Crippen molar-refractivity contribution in [3.05, 3.63) is 29.0 Å². The molecule has 0 N–H and O–H groups in total. The highest BCUT2D eigenvalue weighted by molar-refractivity contribution is 6.07. The Balaban J connectivity index is 1.17. The lowest BCUT2D eigenvalue weighted by atomic mass is 9.81. The van der Waals surface area contributed by atoms with Crippen molar-refractivity contribution in [1.29, 1.82) is 0 Å². The Morgan fingerprint density at radius 3 is 2.49 bits per heavy atom. The van der Waals surface area contributed by atoms with Crippen molar-refractivity contribution in [2.75, 3.05) is 44.3 Å². The number of esters is 1. The number of hydrogen-bond donors (Lipinski definition) is 0. The molecule has 200 valence electrons. The van der Waals surface area contributed by atoms with Gasteiger partial charge in [0.05, 0.1) is 29.4 Å². The second kappa shape index (κ2) is 8.93. The van der Waals surface area contributed by atoms with Crippen LogP contribution >= 0.6 is 0 Å². The fourth-order valence-electron chi connectivity index (χ4n) is 6.75. The molecule has 0 aliphatic carbocycles. The van der Waals surface area contributed by atoms with Crippen LogP contribution in [0.2, 0.25) is 0 Å². The number of piperazine rings is 1. The highest BCUT2D eigenvalue weighted by atomic mass is 19.4. The topological polar surface area (TPSA) is 88.1 Å². The summed E-state index contributed by atoms with van der Waals surface area (Å²) >= 11 is 0. The minimum Gasteiger partial charge on any atom is -0.450 e. The van der Waals surface area contributed by atoms with Gasteiger partial charge in [-0.25, -0.2) is 4.79 Å². The van der Waals surface area contributed by atoms with E-state index in [0.717, 1.165) is 45.2 Å². The number of carbonyl (C=O) groups is 2. The SMILES string of the molecule is CC1=C(C(=O)N2C[C@@H]3C[C@H]2CN3c2cc(C(F)(F)F)cnn2)C2(CCN(C3CCOCC3)CC2)OC1=O. The van der Waals surface area contributed by atoms with E-state index in [1.165, 1.54) is 0 Å². The molecule has 12 heteroatoms. The maximum Gasteiger partial charge on any atom is 0.418 e. The fourth-order valence-corrected chi connectivity index (χ4v) is 6.75. The van der Waals surface area contributed by atoms with Crippen molar-refractivity contribution in [2.45, 2.75) is 68.9 Å². The number of hydrogen-bond acceptors (Lipinski definition) is 8. The van der Waals surface area contributed by atoms with Gasteiger partial charge in [0, 0.05) is 63.8 Å². The number of nitrogens with zero attached hydrogens (tertiary/aromatic N) is 5.